The van der Waals surface area contributed by atoms with Crippen molar-refractivity contribution >= 4 is 11.8 Å². The van der Waals surface area contributed by atoms with Gasteiger partial charge in [-0.1, -0.05) is 0 Å². The molecule has 0 aromatic heterocycles. The summed E-state index contributed by atoms with van der Waals surface area (Å²) in [4.78, 5) is 0. The first-order chi connectivity index (χ1) is 12.7. The Kier molecular flexibility index (Phi) is 7.73. The number of halogens is 2. The van der Waals surface area contributed by atoms with E-state index in [4.69, 9.17) is 4.74 Å². The molecule has 1 aromatic carbocycles. The topological polar surface area (TPSA) is 33.3 Å². The van der Waals surface area contributed by atoms with Gasteiger partial charge in [0.15, 0.2) is 0 Å². The Bertz CT molecular complexity index is 546. The van der Waals surface area contributed by atoms with Crippen molar-refractivity contribution in [2.45, 2.75) is 62.6 Å². The third-order valence-corrected chi connectivity index (χ3v) is 6.07. The predicted molar refractivity (Wildman–Crippen MR) is 104 cm³/mol. The molecular formula is C20H30F2N2OS. The standard InChI is InChI=1S/C20H30F2N2OS/c1-26-13-24-19-3-2-8-23-20(19)12-25-18-6-4-14(5-7-18)15-9-16(21)11-17(22)10-15/h9-11,14,18-20,23-24H,2-8,12-13H2,1H3/t14-,18+,19-,20-/m0/s1. The maximum Gasteiger partial charge on any atom is 0.126 e. The minimum absolute atomic E-state index is 0.240. The lowest BCUT2D eigenvalue weighted by Crippen LogP contribution is -2.54. The number of ether oxygens (including phenoxy) is 1. The minimum atomic E-state index is -0.481. The summed E-state index contributed by atoms with van der Waals surface area (Å²) < 4.78 is 33.1. The van der Waals surface area contributed by atoms with Crippen molar-refractivity contribution in [1.29, 1.82) is 0 Å². The van der Waals surface area contributed by atoms with Crippen LogP contribution in [0.2, 0.25) is 0 Å². The van der Waals surface area contributed by atoms with Crippen molar-refractivity contribution in [2.24, 2.45) is 0 Å². The highest BCUT2D eigenvalue weighted by atomic mass is 32.2. The zero-order valence-electron chi connectivity index (χ0n) is 15.5. The van der Waals surface area contributed by atoms with Gasteiger partial charge in [-0.3, -0.25) is 0 Å². The fourth-order valence-electron chi connectivity index (χ4n) is 4.18. The average molecular weight is 385 g/mol. The van der Waals surface area contributed by atoms with Gasteiger partial charge in [-0.05, 0) is 74.9 Å². The summed E-state index contributed by atoms with van der Waals surface area (Å²) >= 11 is 1.81. The maximum atomic E-state index is 13.4. The largest absolute Gasteiger partial charge is 0.377 e. The van der Waals surface area contributed by atoms with Gasteiger partial charge in [-0.15, -0.1) is 11.8 Å². The van der Waals surface area contributed by atoms with Gasteiger partial charge in [0.1, 0.15) is 11.6 Å². The van der Waals surface area contributed by atoms with Crippen LogP contribution in [0.1, 0.15) is 50.0 Å². The van der Waals surface area contributed by atoms with Gasteiger partial charge in [0, 0.05) is 24.0 Å². The molecule has 1 aliphatic heterocycles. The molecule has 0 amide bonds. The second-order valence-electron chi connectivity index (χ2n) is 7.46. The monoisotopic (exact) mass is 384 g/mol. The van der Waals surface area contributed by atoms with Crippen LogP contribution in [0.25, 0.3) is 0 Å². The Morgan fingerprint density at radius 3 is 2.54 bits per heavy atom. The lowest BCUT2D eigenvalue weighted by atomic mass is 9.82. The zero-order valence-corrected chi connectivity index (χ0v) is 16.3. The fraction of sp³-hybridized carbons (Fsp3) is 0.700. The second-order valence-corrected chi connectivity index (χ2v) is 8.32. The normalized spacial score (nSPS) is 29.7. The maximum absolute atomic E-state index is 13.4. The van der Waals surface area contributed by atoms with Crippen molar-refractivity contribution in [3.8, 4) is 0 Å². The fourth-order valence-corrected chi connectivity index (χ4v) is 4.56. The predicted octanol–water partition coefficient (Wildman–Crippen LogP) is 4.04. The smallest absolute Gasteiger partial charge is 0.126 e. The van der Waals surface area contributed by atoms with E-state index >= 15 is 0 Å². The van der Waals surface area contributed by atoms with E-state index in [1.54, 1.807) is 0 Å². The number of piperidine rings is 1. The molecule has 6 heteroatoms. The summed E-state index contributed by atoms with van der Waals surface area (Å²) in [6.45, 7) is 1.79. The number of benzene rings is 1. The molecule has 1 saturated carbocycles. The molecule has 2 aliphatic rings. The van der Waals surface area contributed by atoms with Crippen LogP contribution < -0.4 is 10.6 Å². The van der Waals surface area contributed by atoms with Crippen molar-refractivity contribution in [3.05, 3.63) is 35.4 Å². The highest BCUT2D eigenvalue weighted by Gasteiger charge is 2.28. The molecule has 0 unspecified atom stereocenters. The Hall–Kier alpha value is -0.690. The van der Waals surface area contributed by atoms with Gasteiger partial charge in [0.2, 0.25) is 0 Å². The van der Waals surface area contributed by atoms with Crippen LogP contribution in [0.5, 0.6) is 0 Å². The Labute approximate surface area is 159 Å². The van der Waals surface area contributed by atoms with Crippen molar-refractivity contribution in [2.75, 3.05) is 25.3 Å². The van der Waals surface area contributed by atoms with E-state index in [0.29, 0.717) is 12.1 Å². The van der Waals surface area contributed by atoms with Crippen LogP contribution in [-0.4, -0.2) is 43.5 Å². The van der Waals surface area contributed by atoms with Crippen LogP contribution in [0.3, 0.4) is 0 Å². The number of nitrogens with one attached hydrogen (secondary N) is 2. The molecule has 3 nitrogen and oxygen atoms in total. The lowest BCUT2D eigenvalue weighted by molar-refractivity contribution is 0.00414. The highest BCUT2D eigenvalue weighted by molar-refractivity contribution is 7.98. The van der Waals surface area contributed by atoms with Crippen LogP contribution >= 0.6 is 11.8 Å². The van der Waals surface area contributed by atoms with E-state index < -0.39 is 11.6 Å². The van der Waals surface area contributed by atoms with E-state index in [9.17, 15) is 8.78 Å². The summed E-state index contributed by atoms with van der Waals surface area (Å²) in [5.41, 5.74) is 0.788. The number of hydrogen-bond donors (Lipinski definition) is 2. The first-order valence-corrected chi connectivity index (χ1v) is 11.1. The number of thioether (sulfide) groups is 1. The van der Waals surface area contributed by atoms with Crippen molar-refractivity contribution in [3.63, 3.8) is 0 Å². The van der Waals surface area contributed by atoms with Crippen LogP contribution in [-0.2, 0) is 4.74 Å². The summed E-state index contributed by atoms with van der Waals surface area (Å²) in [5.74, 6) is 0.248. The van der Waals surface area contributed by atoms with E-state index in [1.165, 1.54) is 25.0 Å². The Balaban J connectivity index is 1.44. The first-order valence-electron chi connectivity index (χ1n) is 9.69. The highest BCUT2D eigenvalue weighted by Crippen LogP contribution is 2.34. The third kappa shape index (κ3) is 5.65. The van der Waals surface area contributed by atoms with Gasteiger partial charge in [0.05, 0.1) is 12.7 Å². The molecule has 0 spiro atoms. The van der Waals surface area contributed by atoms with E-state index in [1.807, 2.05) is 11.8 Å². The van der Waals surface area contributed by atoms with Crippen LogP contribution in [0.15, 0.2) is 18.2 Å². The van der Waals surface area contributed by atoms with Gasteiger partial charge >= 0.3 is 0 Å². The van der Waals surface area contributed by atoms with Crippen LogP contribution in [0.4, 0.5) is 8.78 Å². The molecule has 0 bridgehead atoms. The van der Waals surface area contributed by atoms with E-state index in [0.717, 1.165) is 56.3 Å². The average Bonchev–Trinajstić information content (AvgIpc) is 2.65. The minimum Gasteiger partial charge on any atom is -0.377 e. The third-order valence-electron chi connectivity index (χ3n) is 5.62. The summed E-state index contributed by atoms with van der Waals surface area (Å²) in [6, 6.07) is 4.73. The molecule has 2 fully saturated rings. The molecular weight excluding hydrogens is 354 g/mol. The van der Waals surface area contributed by atoms with Crippen molar-refractivity contribution < 1.29 is 13.5 Å². The molecule has 26 heavy (non-hydrogen) atoms. The molecule has 1 heterocycles. The van der Waals surface area contributed by atoms with Gasteiger partial charge in [0.25, 0.3) is 0 Å². The van der Waals surface area contributed by atoms with Gasteiger partial charge in [-0.25, -0.2) is 8.78 Å². The second kappa shape index (κ2) is 10.0. The SMILES string of the molecule is CSCN[C@H]1CCCN[C@H]1CO[C@H]1CC[C@@H](c2cc(F)cc(F)c2)CC1. The lowest BCUT2D eigenvalue weighted by Gasteiger charge is -2.35. The molecule has 146 valence electrons. The number of rotatable bonds is 7. The summed E-state index contributed by atoms with van der Waals surface area (Å²) in [6.07, 6.45) is 8.54. The van der Waals surface area contributed by atoms with E-state index in [-0.39, 0.29) is 12.0 Å². The summed E-state index contributed by atoms with van der Waals surface area (Å²) in [7, 11) is 0. The zero-order chi connectivity index (χ0) is 18.4. The molecule has 1 aliphatic carbocycles. The molecule has 0 radical (unpaired) electrons. The van der Waals surface area contributed by atoms with Gasteiger partial charge in [-0.2, -0.15) is 0 Å². The van der Waals surface area contributed by atoms with Gasteiger partial charge < -0.3 is 15.4 Å². The quantitative estimate of drug-likeness (QED) is 0.695. The molecule has 1 aromatic rings. The molecule has 3 rings (SSSR count). The molecule has 2 N–H and O–H groups in total. The Morgan fingerprint density at radius 1 is 1.12 bits per heavy atom. The molecule has 2 atom stereocenters. The van der Waals surface area contributed by atoms with Crippen molar-refractivity contribution in [1.82, 2.24) is 10.6 Å². The molecule has 1 saturated heterocycles. The summed E-state index contributed by atoms with van der Waals surface area (Å²) in [5, 5.41) is 7.18. The first kappa shape index (κ1) is 20.1. The Morgan fingerprint density at radius 2 is 1.85 bits per heavy atom. The number of hydrogen-bond acceptors (Lipinski definition) is 4. The van der Waals surface area contributed by atoms with E-state index in [2.05, 4.69) is 16.9 Å². The van der Waals surface area contributed by atoms with Crippen LogP contribution in [0, 0.1) is 11.6 Å².